The Morgan fingerprint density at radius 2 is 2.15 bits per heavy atom. The molecule has 0 aliphatic rings. The molecule has 10 heteroatoms. The first kappa shape index (κ1) is 17.1. The van der Waals surface area contributed by atoms with E-state index < -0.39 is 6.04 Å². The number of nitrogens with two attached hydrogens (primary N) is 1. The molecular formula is C17H16N8OS. The second-order valence-electron chi connectivity index (χ2n) is 5.92. The fourth-order valence-electron chi connectivity index (χ4n) is 2.41. The molecule has 4 aromatic rings. The highest BCUT2D eigenvalue weighted by Gasteiger charge is 2.11. The van der Waals surface area contributed by atoms with Gasteiger partial charge in [-0.25, -0.2) is 4.98 Å². The highest BCUT2D eigenvalue weighted by molar-refractivity contribution is 7.18. The SMILES string of the molecule is C[C@H](N)C(=O)Nc1cc(-c2nnc(Nc3ccc4[nH]ncc4c3)s2)ccn1. The van der Waals surface area contributed by atoms with E-state index in [4.69, 9.17) is 5.73 Å². The van der Waals surface area contributed by atoms with Gasteiger partial charge in [0, 0.05) is 22.8 Å². The Labute approximate surface area is 158 Å². The van der Waals surface area contributed by atoms with E-state index in [-0.39, 0.29) is 5.91 Å². The molecule has 0 spiro atoms. The van der Waals surface area contributed by atoms with Crippen molar-refractivity contribution < 1.29 is 4.79 Å². The van der Waals surface area contributed by atoms with Gasteiger partial charge in [-0.3, -0.25) is 9.89 Å². The van der Waals surface area contributed by atoms with Crippen molar-refractivity contribution in [3.05, 3.63) is 42.7 Å². The number of nitrogens with one attached hydrogen (secondary N) is 3. The number of H-pyrrole nitrogens is 1. The molecule has 0 bridgehead atoms. The predicted octanol–water partition coefficient (Wildman–Crippen LogP) is 2.51. The van der Waals surface area contributed by atoms with Gasteiger partial charge in [-0.1, -0.05) is 11.3 Å². The molecule has 3 aromatic heterocycles. The van der Waals surface area contributed by atoms with Gasteiger partial charge in [0.1, 0.15) is 10.8 Å². The van der Waals surface area contributed by atoms with Crippen molar-refractivity contribution in [1.82, 2.24) is 25.4 Å². The fourth-order valence-corrected chi connectivity index (χ4v) is 3.17. The second-order valence-corrected chi connectivity index (χ2v) is 6.89. The van der Waals surface area contributed by atoms with Crippen LogP contribution >= 0.6 is 11.3 Å². The van der Waals surface area contributed by atoms with Crippen LogP contribution in [-0.2, 0) is 4.79 Å². The van der Waals surface area contributed by atoms with Gasteiger partial charge >= 0.3 is 0 Å². The highest BCUT2D eigenvalue weighted by atomic mass is 32.1. The minimum Gasteiger partial charge on any atom is -0.330 e. The van der Waals surface area contributed by atoms with E-state index in [1.165, 1.54) is 11.3 Å². The number of rotatable bonds is 5. The number of hydrogen-bond donors (Lipinski definition) is 4. The zero-order valence-electron chi connectivity index (χ0n) is 14.3. The Hall–Kier alpha value is -3.37. The highest BCUT2D eigenvalue weighted by Crippen LogP contribution is 2.29. The summed E-state index contributed by atoms with van der Waals surface area (Å²) in [5.41, 5.74) is 8.23. The maximum Gasteiger partial charge on any atom is 0.242 e. The van der Waals surface area contributed by atoms with Crippen molar-refractivity contribution in [1.29, 1.82) is 0 Å². The van der Waals surface area contributed by atoms with Gasteiger partial charge in [0.05, 0.1) is 17.8 Å². The summed E-state index contributed by atoms with van der Waals surface area (Å²) < 4.78 is 0. The number of fused-ring (bicyclic) bond motifs is 1. The molecule has 0 unspecified atom stereocenters. The van der Waals surface area contributed by atoms with Crippen LogP contribution < -0.4 is 16.4 Å². The quantitative estimate of drug-likeness (QED) is 0.418. The summed E-state index contributed by atoms with van der Waals surface area (Å²) in [6.45, 7) is 1.61. The molecule has 4 rings (SSSR count). The third kappa shape index (κ3) is 3.76. The molecule has 27 heavy (non-hydrogen) atoms. The van der Waals surface area contributed by atoms with E-state index in [0.717, 1.165) is 22.2 Å². The summed E-state index contributed by atoms with van der Waals surface area (Å²) in [6.07, 6.45) is 3.37. The van der Waals surface area contributed by atoms with E-state index in [0.29, 0.717) is 16.0 Å². The van der Waals surface area contributed by atoms with Crippen molar-refractivity contribution >= 4 is 44.8 Å². The Balaban J connectivity index is 1.52. The number of aromatic amines is 1. The molecule has 0 fully saturated rings. The largest absolute Gasteiger partial charge is 0.330 e. The number of aromatic nitrogens is 5. The van der Waals surface area contributed by atoms with Crippen LogP contribution in [0.5, 0.6) is 0 Å². The maximum absolute atomic E-state index is 11.7. The molecule has 3 heterocycles. The van der Waals surface area contributed by atoms with Crippen molar-refractivity contribution in [3.8, 4) is 10.6 Å². The Morgan fingerprint density at radius 1 is 1.26 bits per heavy atom. The van der Waals surface area contributed by atoms with E-state index in [9.17, 15) is 4.79 Å². The van der Waals surface area contributed by atoms with Gasteiger partial charge in [0.25, 0.3) is 0 Å². The summed E-state index contributed by atoms with van der Waals surface area (Å²) in [5, 5.41) is 23.6. The van der Waals surface area contributed by atoms with Gasteiger partial charge in [-0.15, -0.1) is 10.2 Å². The van der Waals surface area contributed by atoms with Crippen LogP contribution in [0.25, 0.3) is 21.5 Å². The summed E-state index contributed by atoms with van der Waals surface area (Å²) in [6, 6.07) is 8.80. The second kappa shape index (κ2) is 7.09. The van der Waals surface area contributed by atoms with Crippen LogP contribution in [0.15, 0.2) is 42.7 Å². The lowest BCUT2D eigenvalue weighted by Crippen LogP contribution is -2.32. The van der Waals surface area contributed by atoms with Gasteiger partial charge in [0.2, 0.25) is 11.0 Å². The summed E-state index contributed by atoms with van der Waals surface area (Å²) in [5.74, 6) is 0.124. The molecule has 0 saturated heterocycles. The number of nitrogens with zero attached hydrogens (tertiary/aromatic N) is 4. The molecule has 1 atom stereocenters. The zero-order valence-corrected chi connectivity index (χ0v) is 15.1. The van der Waals surface area contributed by atoms with E-state index >= 15 is 0 Å². The lowest BCUT2D eigenvalue weighted by molar-refractivity contribution is -0.117. The molecule has 1 amide bonds. The number of carbonyl (C=O) groups is 1. The van der Waals surface area contributed by atoms with Crippen LogP contribution in [0.4, 0.5) is 16.6 Å². The van der Waals surface area contributed by atoms with Gasteiger partial charge in [-0.05, 0) is 37.3 Å². The van der Waals surface area contributed by atoms with E-state index in [1.807, 2.05) is 24.3 Å². The fraction of sp³-hybridized carbons (Fsp3) is 0.118. The molecule has 1 aromatic carbocycles. The predicted molar refractivity (Wildman–Crippen MR) is 105 cm³/mol. The molecule has 0 saturated carbocycles. The molecule has 0 aliphatic carbocycles. The number of anilines is 3. The van der Waals surface area contributed by atoms with Crippen LogP contribution in [0.2, 0.25) is 0 Å². The monoisotopic (exact) mass is 380 g/mol. The first-order valence-electron chi connectivity index (χ1n) is 8.15. The van der Waals surface area contributed by atoms with Crippen LogP contribution in [0.3, 0.4) is 0 Å². The van der Waals surface area contributed by atoms with Gasteiger partial charge in [-0.2, -0.15) is 5.10 Å². The Kier molecular flexibility index (Phi) is 4.48. The minimum atomic E-state index is -0.611. The number of carbonyl (C=O) groups excluding carboxylic acids is 1. The maximum atomic E-state index is 11.7. The number of amides is 1. The zero-order chi connectivity index (χ0) is 18.8. The van der Waals surface area contributed by atoms with Crippen LogP contribution in [-0.4, -0.2) is 37.3 Å². The molecule has 136 valence electrons. The number of pyridine rings is 1. The number of hydrogen-bond acceptors (Lipinski definition) is 8. The van der Waals surface area contributed by atoms with Crippen molar-refractivity contribution in [3.63, 3.8) is 0 Å². The first-order valence-corrected chi connectivity index (χ1v) is 8.97. The smallest absolute Gasteiger partial charge is 0.242 e. The van der Waals surface area contributed by atoms with Gasteiger partial charge < -0.3 is 16.4 Å². The average molecular weight is 380 g/mol. The average Bonchev–Trinajstić information content (AvgIpc) is 3.31. The van der Waals surface area contributed by atoms with Crippen LogP contribution in [0.1, 0.15) is 6.92 Å². The topological polar surface area (TPSA) is 134 Å². The van der Waals surface area contributed by atoms with Crippen molar-refractivity contribution in [2.45, 2.75) is 13.0 Å². The number of benzene rings is 1. The normalized spacial score (nSPS) is 12.1. The lowest BCUT2D eigenvalue weighted by Gasteiger charge is -2.07. The summed E-state index contributed by atoms with van der Waals surface area (Å²) in [7, 11) is 0. The third-order valence-corrected chi connectivity index (χ3v) is 4.68. The van der Waals surface area contributed by atoms with Crippen molar-refractivity contribution in [2.75, 3.05) is 10.6 Å². The molecule has 9 nitrogen and oxygen atoms in total. The standard InChI is InChI=1S/C17H16N8OS/c1-9(18)15(26)22-14-7-10(4-5-19-14)16-24-25-17(27-16)21-12-2-3-13-11(6-12)8-20-23-13/h2-9H,18H2,1H3,(H,20,23)(H,21,25)(H,19,22,26)/t9-/m0/s1. The third-order valence-electron chi connectivity index (χ3n) is 3.79. The van der Waals surface area contributed by atoms with Crippen molar-refractivity contribution in [2.24, 2.45) is 5.73 Å². The first-order chi connectivity index (χ1) is 13.1. The van der Waals surface area contributed by atoms with E-state index in [1.54, 1.807) is 25.4 Å². The Morgan fingerprint density at radius 3 is 3.00 bits per heavy atom. The summed E-state index contributed by atoms with van der Waals surface area (Å²) in [4.78, 5) is 15.9. The Bertz CT molecular complexity index is 1100. The molecule has 0 radical (unpaired) electrons. The van der Waals surface area contributed by atoms with Gasteiger partial charge in [0.15, 0.2) is 0 Å². The lowest BCUT2D eigenvalue weighted by atomic mass is 10.2. The molecular weight excluding hydrogens is 364 g/mol. The molecule has 0 aliphatic heterocycles. The van der Waals surface area contributed by atoms with Crippen LogP contribution in [0, 0.1) is 0 Å². The molecule has 5 N–H and O–H groups in total. The summed E-state index contributed by atoms with van der Waals surface area (Å²) >= 11 is 1.40. The van der Waals surface area contributed by atoms with E-state index in [2.05, 4.69) is 36.0 Å². The minimum absolute atomic E-state index is 0.297.